The van der Waals surface area contributed by atoms with Gasteiger partial charge in [0.15, 0.2) is 0 Å². The van der Waals surface area contributed by atoms with E-state index in [1.807, 2.05) is 30.3 Å². The Labute approximate surface area is 154 Å². The van der Waals surface area contributed by atoms with Gasteiger partial charge in [-0.2, -0.15) is 5.26 Å². The van der Waals surface area contributed by atoms with Crippen LogP contribution in [0.3, 0.4) is 0 Å². The minimum absolute atomic E-state index is 0.206. The van der Waals surface area contributed by atoms with E-state index >= 15 is 0 Å². The molecule has 0 atom stereocenters. The summed E-state index contributed by atoms with van der Waals surface area (Å²) in [4.78, 5) is 14.9. The van der Waals surface area contributed by atoms with E-state index in [2.05, 4.69) is 24.8 Å². The first kappa shape index (κ1) is 18.2. The summed E-state index contributed by atoms with van der Waals surface area (Å²) in [6, 6.07) is 12.1. The maximum Gasteiger partial charge on any atom is 0.269 e. The minimum atomic E-state index is -0.206. The van der Waals surface area contributed by atoms with Gasteiger partial charge in [0.2, 0.25) is 0 Å². The predicted octanol–water partition coefficient (Wildman–Crippen LogP) is 3.27. The zero-order chi connectivity index (χ0) is 18.5. The third-order valence-corrected chi connectivity index (χ3v) is 4.78. The van der Waals surface area contributed by atoms with Crippen molar-refractivity contribution in [2.24, 2.45) is 5.92 Å². The number of morpholine rings is 1. The second-order valence-electron chi connectivity index (χ2n) is 7.04. The van der Waals surface area contributed by atoms with Crippen molar-refractivity contribution in [1.29, 1.82) is 5.26 Å². The Morgan fingerprint density at radius 2 is 1.85 bits per heavy atom. The Bertz CT molecular complexity index is 841. The number of hydrogen-bond acceptors (Lipinski definition) is 4. The molecule has 0 saturated carbocycles. The highest BCUT2D eigenvalue weighted by atomic mass is 16.5. The molecular formula is C21H25N3O2. The number of nitrogens with zero attached hydrogens (tertiary/aromatic N) is 3. The van der Waals surface area contributed by atoms with Gasteiger partial charge in [-0.3, -0.25) is 4.79 Å². The number of benzene rings is 1. The second-order valence-corrected chi connectivity index (χ2v) is 7.04. The highest BCUT2D eigenvalue weighted by Crippen LogP contribution is 2.25. The lowest BCUT2D eigenvalue weighted by Gasteiger charge is -2.29. The Balaban J connectivity index is 1.87. The third kappa shape index (κ3) is 3.97. The first-order valence-electron chi connectivity index (χ1n) is 9.17. The summed E-state index contributed by atoms with van der Waals surface area (Å²) < 4.78 is 7.03. The molecule has 136 valence electrons. The Morgan fingerprint density at radius 1 is 1.15 bits per heavy atom. The molecule has 1 aliphatic rings. The van der Waals surface area contributed by atoms with Gasteiger partial charge in [-0.05, 0) is 36.1 Å². The minimum Gasteiger partial charge on any atom is -0.378 e. The Morgan fingerprint density at radius 3 is 2.46 bits per heavy atom. The summed E-state index contributed by atoms with van der Waals surface area (Å²) in [5.74, 6) is 0.514. The zero-order valence-electron chi connectivity index (χ0n) is 15.4. The number of pyridine rings is 1. The summed E-state index contributed by atoms with van der Waals surface area (Å²) in [7, 11) is 0. The molecule has 0 N–H and O–H groups in total. The molecule has 0 amide bonds. The number of ether oxygens (including phenoxy) is 1. The molecule has 5 heteroatoms. The molecule has 1 aromatic heterocycles. The van der Waals surface area contributed by atoms with E-state index in [-0.39, 0.29) is 11.1 Å². The molecule has 0 spiro atoms. The first-order valence-corrected chi connectivity index (χ1v) is 9.17. The number of anilines is 1. The lowest BCUT2D eigenvalue weighted by atomic mass is 10.0. The topological polar surface area (TPSA) is 58.3 Å². The molecule has 26 heavy (non-hydrogen) atoms. The van der Waals surface area contributed by atoms with Crippen LogP contribution in [0.1, 0.15) is 25.8 Å². The van der Waals surface area contributed by atoms with Crippen LogP contribution >= 0.6 is 0 Å². The summed E-state index contributed by atoms with van der Waals surface area (Å²) in [5.41, 5.74) is 2.75. The van der Waals surface area contributed by atoms with Crippen LogP contribution in [0.25, 0.3) is 11.1 Å². The molecule has 0 unspecified atom stereocenters. The van der Waals surface area contributed by atoms with Crippen LogP contribution in [-0.4, -0.2) is 30.9 Å². The molecule has 1 aliphatic heterocycles. The van der Waals surface area contributed by atoms with Gasteiger partial charge in [0.25, 0.3) is 5.56 Å². The van der Waals surface area contributed by atoms with Gasteiger partial charge in [-0.1, -0.05) is 26.0 Å². The van der Waals surface area contributed by atoms with Crippen LogP contribution in [0.15, 0.2) is 41.3 Å². The lowest BCUT2D eigenvalue weighted by Crippen LogP contribution is -2.36. The number of hydrogen-bond donors (Lipinski definition) is 0. The fraction of sp³-hybridized carbons (Fsp3) is 0.429. The molecule has 3 rings (SSSR count). The highest BCUT2D eigenvalue weighted by Gasteiger charge is 2.14. The zero-order valence-corrected chi connectivity index (χ0v) is 15.4. The van der Waals surface area contributed by atoms with Gasteiger partial charge in [0.1, 0.15) is 11.6 Å². The largest absolute Gasteiger partial charge is 0.378 e. The van der Waals surface area contributed by atoms with E-state index < -0.39 is 0 Å². The number of nitriles is 1. The summed E-state index contributed by atoms with van der Waals surface area (Å²) in [6.45, 7) is 8.15. The van der Waals surface area contributed by atoms with E-state index in [1.54, 1.807) is 10.8 Å². The van der Waals surface area contributed by atoms with Crippen molar-refractivity contribution in [1.82, 2.24) is 4.57 Å². The molecule has 1 aromatic carbocycles. The van der Waals surface area contributed by atoms with Crippen LogP contribution in [0, 0.1) is 17.2 Å². The van der Waals surface area contributed by atoms with Crippen molar-refractivity contribution >= 4 is 5.69 Å². The van der Waals surface area contributed by atoms with Crippen LogP contribution in [0.5, 0.6) is 0 Å². The van der Waals surface area contributed by atoms with Gasteiger partial charge in [-0.25, -0.2) is 0 Å². The summed E-state index contributed by atoms with van der Waals surface area (Å²) in [5, 5.41) is 9.54. The van der Waals surface area contributed by atoms with E-state index in [4.69, 9.17) is 4.74 Å². The molecule has 0 aliphatic carbocycles. The monoisotopic (exact) mass is 351 g/mol. The van der Waals surface area contributed by atoms with Crippen LogP contribution in [0.4, 0.5) is 5.69 Å². The summed E-state index contributed by atoms with van der Waals surface area (Å²) >= 11 is 0. The SMILES string of the molecule is CC(C)CCn1ccc(-c2ccc(N3CCOCC3)cc2)c(C#N)c1=O. The molecule has 0 bridgehead atoms. The molecule has 1 saturated heterocycles. The van der Waals surface area contributed by atoms with E-state index in [9.17, 15) is 10.1 Å². The van der Waals surface area contributed by atoms with Crippen LogP contribution in [0.2, 0.25) is 0 Å². The maximum absolute atomic E-state index is 12.6. The van der Waals surface area contributed by atoms with Crippen molar-refractivity contribution in [2.45, 2.75) is 26.8 Å². The standard InChI is InChI=1S/C21H25N3O2/c1-16(2)7-9-24-10-8-19(20(15-22)21(24)25)17-3-5-18(6-4-17)23-11-13-26-14-12-23/h3-6,8,10,16H,7,9,11-14H2,1-2H3. The molecule has 5 nitrogen and oxygen atoms in total. The maximum atomic E-state index is 12.6. The van der Waals surface area contributed by atoms with Crippen molar-refractivity contribution in [2.75, 3.05) is 31.2 Å². The Kier molecular flexibility index (Phi) is 5.75. The van der Waals surface area contributed by atoms with E-state index in [0.29, 0.717) is 18.0 Å². The Hall–Kier alpha value is -2.58. The average molecular weight is 351 g/mol. The average Bonchev–Trinajstić information content (AvgIpc) is 2.67. The molecule has 0 radical (unpaired) electrons. The highest BCUT2D eigenvalue weighted by molar-refractivity contribution is 5.71. The first-order chi connectivity index (χ1) is 12.6. The van der Waals surface area contributed by atoms with E-state index in [0.717, 1.165) is 44.0 Å². The lowest BCUT2D eigenvalue weighted by molar-refractivity contribution is 0.122. The number of aryl methyl sites for hydroxylation is 1. The quantitative estimate of drug-likeness (QED) is 0.829. The normalized spacial score (nSPS) is 14.5. The van der Waals surface area contributed by atoms with Crippen molar-refractivity contribution < 1.29 is 4.74 Å². The van der Waals surface area contributed by atoms with Gasteiger partial charge in [0.05, 0.1) is 13.2 Å². The molecule has 2 heterocycles. The number of rotatable bonds is 5. The fourth-order valence-corrected chi connectivity index (χ4v) is 3.17. The van der Waals surface area contributed by atoms with Gasteiger partial charge in [-0.15, -0.1) is 0 Å². The molecule has 2 aromatic rings. The van der Waals surface area contributed by atoms with Gasteiger partial charge >= 0.3 is 0 Å². The smallest absolute Gasteiger partial charge is 0.269 e. The predicted molar refractivity (Wildman–Crippen MR) is 103 cm³/mol. The summed E-state index contributed by atoms with van der Waals surface area (Å²) in [6.07, 6.45) is 2.72. The second kappa shape index (κ2) is 8.20. The molecule has 1 fully saturated rings. The van der Waals surface area contributed by atoms with E-state index in [1.165, 1.54) is 0 Å². The van der Waals surface area contributed by atoms with Crippen molar-refractivity contribution in [3.05, 3.63) is 52.4 Å². The number of aromatic nitrogens is 1. The van der Waals surface area contributed by atoms with Crippen molar-refractivity contribution in [3.8, 4) is 17.2 Å². The van der Waals surface area contributed by atoms with Crippen molar-refractivity contribution in [3.63, 3.8) is 0 Å². The van der Waals surface area contributed by atoms with Gasteiger partial charge in [0, 0.05) is 37.1 Å². The van der Waals surface area contributed by atoms with Crippen LogP contribution < -0.4 is 10.5 Å². The molecular weight excluding hydrogens is 326 g/mol. The van der Waals surface area contributed by atoms with Crippen LogP contribution in [-0.2, 0) is 11.3 Å². The third-order valence-electron chi connectivity index (χ3n) is 4.78. The van der Waals surface area contributed by atoms with Gasteiger partial charge < -0.3 is 14.2 Å². The fourth-order valence-electron chi connectivity index (χ4n) is 3.17.